The van der Waals surface area contributed by atoms with E-state index in [1.165, 1.54) is 4.90 Å². The van der Waals surface area contributed by atoms with Gasteiger partial charge in [-0.3, -0.25) is 19.5 Å². The SMILES string of the molecule is CC(=O)C(O)(O)C(=O)N1[C@@H]2CC[C@H]1CN(c1nc(OCC34CCCN3CCC4)nc3c(F)c(-c4cccc5cccc(Cl)c45)ncc13)C2. The number of rotatable bonds is 7. The second kappa shape index (κ2) is 11.6. The Balaban J connectivity index is 1.21. The zero-order chi connectivity index (χ0) is 33.4. The summed E-state index contributed by atoms with van der Waals surface area (Å²) >= 11 is 6.61. The third-order valence-corrected chi connectivity index (χ3v) is 11.2. The van der Waals surface area contributed by atoms with E-state index in [1.54, 1.807) is 18.3 Å². The molecule has 2 bridgehead atoms. The van der Waals surface area contributed by atoms with Crippen molar-refractivity contribution in [2.24, 2.45) is 0 Å². The second-order valence-electron chi connectivity index (χ2n) is 13.6. The molecule has 0 aliphatic carbocycles. The second-order valence-corrected chi connectivity index (χ2v) is 14.0. The van der Waals surface area contributed by atoms with Crippen molar-refractivity contribution in [1.82, 2.24) is 24.8 Å². The molecule has 11 nitrogen and oxygen atoms in total. The molecule has 1 amide bonds. The predicted octanol–water partition coefficient (Wildman–Crippen LogP) is 4.09. The van der Waals surface area contributed by atoms with Gasteiger partial charge in [0.05, 0.1) is 10.9 Å². The maximum absolute atomic E-state index is 16.8. The molecule has 4 aliphatic rings. The molecule has 8 rings (SSSR count). The Hall–Kier alpha value is -3.97. The minimum atomic E-state index is -3.09. The highest BCUT2D eigenvalue weighted by Crippen LogP contribution is 2.41. The fourth-order valence-corrected chi connectivity index (χ4v) is 8.69. The van der Waals surface area contributed by atoms with Gasteiger partial charge < -0.3 is 24.7 Å². The van der Waals surface area contributed by atoms with Crippen LogP contribution in [0.3, 0.4) is 0 Å². The first-order valence-electron chi connectivity index (χ1n) is 16.5. The number of nitrogens with zero attached hydrogens (tertiary/aromatic N) is 6. The van der Waals surface area contributed by atoms with Gasteiger partial charge in [-0.15, -0.1) is 0 Å². The van der Waals surface area contributed by atoms with Crippen LogP contribution in [0.1, 0.15) is 45.4 Å². The first kappa shape index (κ1) is 31.3. The van der Waals surface area contributed by atoms with Crippen LogP contribution in [0, 0.1) is 5.82 Å². The summed E-state index contributed by atoms with van der Waals surface area (Å²) in [5.74, 6) is -5.36. The van der Waals surface area contributed by atoms with Gasteiger partial charge in [-0.2, -0.15) is 9.97 Å². The van der Waals surface area contributed by atoms with E-state index in [0.717, 1.165) is 51.1 Å². The lowest BCUT2D eigenvalue weighted by Gasteiger charge is -2.43. The zero-order valence-corrected chi connectivity index (χ0v) is 27.3. The standard InChI is InChI=1S/C35H36ClFN6O5/c1-20(44)35(46,47)32(45)43-22-10-11-23(43)18-41(17-22)31-25-16-38-29(24-8-2-6-21-7-3-9-26(36)27(21)24)28(37)30(25)39-33(40-31)48-19-34-12-4-14-42(34)15-5-13-34/h2-3,6-9,16,22-23,46-47H,4-5,10-15,17-19H2,1H3/t22-,23+. The van der Waals surface area contributed by atoms with Crippen LogP contribution in [0.5, 0.6) is 6.01 Å². The summed E-state index contributed by atoms with van der Waals surface area (Å²) in [6, 6.07) is 10.3. The molecule has 0 spiro atoms. The van der Waals surface area contributed by atoms with Gasteiger partial charge in [0, 0.05) is 54.3 Å². The lowest BCUT2D eigenvalue weighted by atomic mass is 9.95. The molecule has 2 N–H and O–H groups in total. The minimum absolute atomic E-state index is 0.0587. The van der Waals surface area contributed by atoms with Crippen LogP contribution in [-0.4, -0.2) is 103 Å². The molecule has 2 aromatic heterocycles. The van der Waals surface area contributed by atoms with Gasteiger partial charge >= 0.3 is 11.8 Å². The van der Waals surface area contributed by atoms with Gasteiger partial charge in [-0.05, 0) is 63.1 Å². The van der Waals surface area contributed by atoms with Crippen molar-refractivity contribution >= 4 is 50.8 Å². The molecule has 48 heavy (non-hydrogen) atoms. The maximum Gasteiger partial charge on any atom is 0.319 e. The summed E-state index contributed by atoms with van der Waals surface area (Å²) in [4.78, 5) is 44.9. The topological polar surface area (TPSA) is 132 Å². The zero-order valence-electron chi connectivity index (χ0n) is 26.5. The summed E-state index contributed by atoms with van der Waals surface area (Å²) in [6.45, 7) is 3.99. The summed E-state index contributed by atoms with van der Waals surface area (Å²) in [5, 5.41) is 23.0. The largest absolute Gasteiger partial charge is 0.461 e. The number of carbonyl (C=O) groups is 2. The number of halogens is 2. The highest BCUT2D eigenvalue weighted by Gasteiger charge is 2.51. The first-order chi connectivity index (χ1) is 23.1. The molecule has 0 unspecified atom stereocenters. The number of amides is 1. The smallest absolute Gasteiger partial charge is 0.319 e. The van der Waals surface area contributed by atoms with E-state index < -0.39 is 35.4 Å². The Morgan fingerprint density at radius 2 is 1.75 bits per heavy atom. The number of carbonyl (C=O) groups excluding carboxylic acids is 2. The lowest BCUT2D eigenvalue weighted by Crippen LogP contribution is -2.63. The molecule has 2 atom stereocenters. The van der Waals surface area contributed by atoms with Crippen molar-refractivity contribution < 1.29 is 28.9 Å². The average Bonchev–Trinajstić information content (AvgIpc) is 3.73. The van der Waals surface area contributed by atoms with Gasteiger partial charge in [0.25, 0.3) is 5.91 Å². The highest BCUT2D eigenvalue weighted by atomic mass is 35.5. The summed E-state index contributed by atoms with van der Waals surface area (Å²) < 4.78 is 23.2. The molecule has 4 fully saturated rings. The highest BCUT2D eigenvalue weighted by molar-refractivity contribution is 6.36. The van der Waals surface area contributed by atoms with E-state index in [0.29, 0.717) is 46.6 Å². The van der Waals surface area contributed by atoms with E-state index in [1.807, 2.05) is 29.2 Å². The van der Waals surface area contributed by atoms with Crippen LogP contribution in [0.25, 0.3) is 32.9 Å². The number of aliphatic hydroxyl groups is 2. The molecule has 2 aromatic carbocycles. The monoisotopic (exact) mass is 674 g/mol. The molecular weight excluding hydrogens is 639 g/mol. The van der Waals surface area contributed by atoms with Gasteiger partial charge in [-0.25, -0.2) is 4.39 Å². The fourth-order valence-electron chi connectivity index (χ4n) is 8.41. The minimum Gasteiger partial charge on any atom is -0.461 e. The number of pyridine rings is 1. The van der Waals surface area contributed by atoms with E-state index in [4.69, 9.17) is 21.3 Å². The van der Waals surface area contributed by atoms with Crippen LogP contribution >= 0.6 is 11.6 Å². The molecular formula is C35H36ClFN6O5. The van der Waals surface area contributed by atoms with Crippen molar-refractivity contribution in [2.45, 2.75) is 68.9 Å². The Kier molecular flexibility index (Phi) is 7.55. The Labute approximate surface area is 281 Å². The molecule has 250 valence electrons. The molecule has 4 saturated heterocycles. The number of fused-ring (bicyclic) bond motifs is 5. The Bertz CT molecular complexity index is 1950. The molecule has 6 heterocycles. The summed E-state index contributed by atoms with van der Waals surface area (Å²) in [6.07, 6.45) is 7.02. The number of ketones is 1. The third-order valence-electron chi connectivity index (χ3n) is 10.8. The molecule has 4 aliphatic heterocycles. The Morgan fingerprint density at radius 1 is 1.06 bits per heavy atom. The lowest BCUT2D eigenvalue weighted by molar-refractivity contribution is -0.199. The normalized spacial score (nSPS) is 22.1. The van der Waals surface area contributed by atoms with E-state index in [-0.39, 0.29) is 35.8 Å². The van der Waals surface area contributed by atoms with Gasteiger partial charge in [-0.1, -0.05) is 41.9 Å². The first-order valence-corrected chi connectivity index (χ1v) is 16.9. The van der Waals surface area contributed by atoms with Crippen LogP contribution in [0.2, 0.25) is 5.02 Å². The van der Waals surface area contributed by atoms with Gasteiger partial charge in [0.1, 0.15) is 23.6 Å². The van der Waals surface area contributed by atoms with E-state index in [9.17, 15) is 19.8 Å². The predicted molar refractivity (Wildman–Crippen MR) is 177 cm³/mol. The van der Waals surface area contributed by atoms with Gasteiger partial charge in [0.2, 0.25) is 0 Å². The molecule has 4 aromatic rings. The van der Waals surface area contributed by atoms with Crippen molar-refractivity contribution in [3.8, 4) is 17.3 Å². The van der Waals surface area contributed by atoms with Crippen molar-refractivity contribution in [3.63, 3.8) is 0 Å². The summed E-state index contributed by atoms with van der Waals surface area (Å²) in [7, 11) is 0. The van der Waals surface area contributed by atoms with Crippen molar-refractivity contribution in [1.29, 1.82) is 0 Å². The Morgan fingerprint density at radius 3 is 2.44 bits per heavy atom. The molecule has 13 heteroatoms. The third kappa shape index (κ3) is 4.91. The quantitative estimate of drug-likeness (QED) is 0.218. The van der Waals surface area contributed by atoms with Gasteiger partial charge in [0.15, 0.2) is 11.6 Å². The molecule has 0 radical (unpaired) electrons. The number of piperazine rings is 1. The number of hydrogen-bond donors (Lipinski definition) is 2. The van der Waals surface area contributed by atoms with E-state index in [2.05, 4.69) is 14.9 Å². The number of aromatic nitrogens is 3. The van der Waals surface area contributed by atoms with Crippen LogP contribution in [-0.2, 0) is 9.59 Å². The fraction of sp³-hybridized carbons (Fsp3) is 0.457. The van der Waals surface area contributed by atoms with Crippen LogP contribution in [0.15, 0.2) is 42.6 Å². The number of Topliss-reactive ketones (excluding diaryl/α,β-unsaturated/α-hetero) is 1. The average molecular weight is 675 g/mol. The number of ether oxygens (including phenoxy) is 1. The van der Waals surface area contributed by atoms with E-state index >= 15 is 4.39 Å². The number of hydrogen-bond acceptors (Lipinski definition) is 10. The van der Waals surface area contributed by atoms with Crippen LogP contribution < -0.4 is 9.64 Å². The number of anilines is 1. The van der Waals surface area contributed by atoms with Crippen LogP contribution in [0.4, 0.5) is 10.2 Å². The number of benzene rings is 2. The summed E-state index contributed by atoms with van der Waals surface area (Å²) in [5.41, 5.74) is 0.625. The maximum atomic E-state index is 16.8. The molecule has 0 saturated carbocycles. The van der Waals surface area contributed by atoms with Crippen molar-refractivity contribution in [3.05, 3.63) is 53.4 Å². The van der Waals surface area contributed by atoms with Crippen molar-refractivity contribution in [2.75, 3.05) is 37.7 Å².